The van der Waals surface area contributed by atoms with Gasteiger partial charge in [0.05, 0.1) is 15.6 Å². The van der Waals surface area contributed by atoms with Crippen LogP contribution in [0.4, 0.5) is 22.7 Å². The number of halogens is 2. The van der Waals surface area contributed by atoms with E-state index in [9.17, 15) is 10.1 Å². The monoisotopic (exact) mass is 311 g/mol. The molecule has 7 heteroatoms. The molecule has 0 fully saturated rings. The molecule has 0 aliphatic carbocycles. The fourth-order valence-corrected chi connectivity index (χ4v) is 2.14. The molecule has 0 aliphatic heterocycles. The van der Waals surface area contributed by atoms with Crippen LogP contribution in [-0.2, 0) is 0 Å². The second-order valence-electron chi connectivity index (χ2n) is 4.02. The molecule has 0 saturated carbocycles. The molecule has 2 rings (SSSR count). The largest absolute Gasteiger partial charge is 0.388 e. The summed E-state index contributed by atoms with van der Waals surface area (Å²) in [6.07, 6.45) is 0. The van der Waals surface area contributed by atoms with Gasteiger partial charge in [0.25, 0.3) is 5.69 Å². The minimum atomic E-state index is -0.449. The summed E-state index contributed by atoms with van der Waals surface area (Å²) in [7, 11) is 1.69. The Balaban J connectivity index is 2.37. The summed E-state index contributed by atoms with van der Waals surface area (Å²) < 4.78 is 0. The number of hydrogen-bond acceptors (Lipinski definition) is 4. The predicted octanol–water partition coefficient (Wildman–Crippen LogP) is 4.69. The molecule has 0 spiro atoms. The first-order valence-corrected chi connectivity index (χ1v) is 6.44. The van der Waals surface area contributed by atoms with Crippen LogP contribution in [0.3, 0.4) is 0 Å². The highest BCUT2D eigenvalue weighted by atomic mass is 35.5. The van der Waals surface area contributed by atoms with Gasteiger partial charge in [-0.15, -0.1) is 0 Å². The van der Waals surface area contributed by atoms with E-state index in [0.29, 0.717) is 27.1 Å². The van der Waals surface area contributed by atoms with Gasteiger partial charge in [-0.05, 0) is 24.3 Å². The van der Waals surface area contributed by atoms with Gasteiger partial charge in [0, 0.05) is 35.6 Å². The lowest BCUT2D eigenvalue weighted by atomic mass is 10.2. The van der Waals surface area contributed by atoms with Crippen molar-refractivity contribution in [2.45, 2.75) is 0 Å². The molecule has 0 unspecified atom stereocenters. The molecule has 0 aliphatic rings. The van der Waals surface area contributed by atoms with E-state index in [1.165, 1.54) is 12.1 Å². The van der Waals surface area contributed by atoms with Crippen LogP contribution in [-0.4, -0.2) is 12.0 Å². The molecular weight excluding hydrogens is 301 g/mol. The fraction of sp³-hybridized carbons (Fsp3) is 0.0769. The summed E-state index contributed by atoms with van der Waals surface area (Å²) in [5.41, 5.74) is 1.81. The van der Waals surface area contributed by atoms with Crippen LogP contribution in [0.25, 0.3) is 0 Å². The van der Waals surface area contributed by atoms with Gasteiger partial charge >= 0.3 is 0 Å². The summed E-state index contributed by atoms with van der Waals surface area (Å²) in [6.45, 7) is 0. The Morgan fingerprint density at radius 3 is 2.40 bits per heavy atom. The van der Waals surface area contributed by atoms with Crippen molar-refractivity contribution in [2.75, 3.05) is 17.7 Å². The van der Waals surface area contributed by atoms with Crippen LogP contribution in [0, 0.1) is 10.1 Å². The van der Waals surface area contributed by atoms with E-state index >= 15 is 0 Å². The smallest absolute Gasteiger partial charge is 0.273 e. The van der Waals surface area contributed by atoms with Gasteiger partial charge in [0.1, 0.15) is 0 Å². The molecule has 0 saturated heterocycles. The minimum absolute atomic E-state index is 0.00978. The lowest BCUT2D eigenvalue weighted by molar-refractivity contribution is -0.384. The third kappa shape index (κ3) is 3.31. The molecule has 20 heavy (non-hydrogen) atoms. The highest BCUT2D eigenvalue weighted by Gasteiger charge is 2.10. The second kappa shape index (κ2) is 5.98. The second-order valence-corrected chi connectivity index (χ2v) is 4.87. The van der Waals surface area contributed by atoms with E-state index in [2.05, 4.69) is 10.6 Å². The molecular formula is C13H11Cl2N3O2. The number of hydrogen-bond donors (Lipinski definition) is 2. The summed E-state index contributed by atoms with van der Waals surface area (Å²) in [6, 6.07) is 9.63. The highest BCUT2D eigenvalue weighted by molar-refractivity contribution is 6.36. The van der Waals surface area contributed by atoms with Crippen molar-refractivity contribution in [3.05, 3.63) is 56.6 Å². The number of nitrogens with zero attached hydrogens (tertiary/aromatic N) is 1. The van der Waals surface area contributed by atoms with Crippen molar-refractivity contribution in [3.8, 4) is 0 Å². The third-order valence-electron chi connectivity index (χ3n) is 2.63. The number of anilines is 3. The van der Waals surface area contributed by atoms with Crippen LogP contribution in [0.1, 0.15) is 0 Å². The first-order chi connectivity index (χ1) is 9.49. The average molecular weight is 312 g/mol. The van der Waals surface area contributed by atoms with Crippen molar-refractivity contribution in [2.24, 2.45) is 0 Å². The average Bonchev–Trinajstić information content (AvgIpc) is 2.41. The normalized spacial score (nSPS) is 10.2. The molecule has 0 heterocycles. The number of rotatable bonds is 4. The molecule has 0 amide bonds. The molecule has 5 nitrogen and oxygen atoms in total. The van der Waals surface area contributed by atoms with E-state index in [1.807, 2.05) is 0 Å². The van der Waals surface area contributed by atoms with Gasteiger partial charge < -0.3 is 10.6 Å². The Hall–Kier alpha value is -1.98. The molecule has 2 aromatic rings. The summed E-state index contributed by atoms with van der Waals surface area (Å²) in [4.78, 5) is 10.4. The van der Waals surface area contributed by atoms with E-state index in [-0.39, 0.29) is 5.69 Å². The molecule has 0 radical (unpaired) electrons. The van der Waals surface area contributed by atoms with Crippen LogP contribution in [0.15, 0.2) is 36.4 Å². The van der Waals surface area contributed by atoms with Crippen molar-refractivity contribution in [1.82, 2.24) is 0 Å². The molecule has 104 valence electrons. The Bertz CT molecular complexity index is 662. The van der Waals surface area contributed by atoms with Gasteiger partial charge in [0.15, 0.2) is 0 Å². The van der Waals surface area contributed by atoms with Crippen LogP contribution >= 0.6 is 23.2 Å². The Kier molecular flexibility index (Phi) is 4.32. The van der Waals surface area contributed by atoms with Gasteiger partial charge in [-0.1, -0.05) is 23.2 Å². The Labute approximate surface area is 125 Å². The van der Waals surface area contributed by atoms with Crippen molar-refractivity contribution in [1.29, 1.82) is 0 Å². The summed E-state index contributed by atoms with van der Waals surface area (Å²) in [5.74, 6) is 0. The van der Waals surface area contributed by atoms with Crippen LogP contribution in [0.5, 0.6) is 0 Å². The molecule has 0 atom stereocenters. The summed E-state index contributed by atoms with van der Waals surface area (Å²) >= 11 is 11.9. The first kappa shape index (κ1) is 14.4. The van der Waals surface area contributed by atoms with Crippen LogP contribution in [0.2, 0.25) is 10.0 Å². The zero-order valence-corrected chi connectivity index (χ0v) is 12.0. The maximum Gasteiger partial charge on any atom is 0.273 e. The van der Waals surface area contributed by atoms with E-state index < -0.39 is 4.92 Å². The van der Waals surface area contributed by atoms with E-state index in [1.54, 1.807) is 31.3 Å². The molecule has 0 bridgehead atoms. The van der Waals surface area contributed by atoms with Crippen molar-refractivity contribution in [3.63, 3.8) is 0 Å². The predicted molar refractivity (Wildman–Crippen MR) is 82.4 cm³/mol. The van der Waals surface area contributed by atoms with E-state index in [4.69, 9.17) is 23.2 Å². The topological polar surface area (TPSA) is 67.2 Å². The number of benzene rings is 2. The number of non-ortho nitro benzene ring substituents is 1. The number of nitrogens with one attached hydrogen (secondary N) is 2. The highest BCUT2D eigenvalue weighted by Crippen LogP contribution is 2.31. The first-order valence-electron chi connectivity index (χ1n) is 5.69. The molecule has 2 N–H and O–H groups in total. The third-order valence-corrected chi connectivity index (χ3v) is 3.18. The van der Waals surface area contributed by atoms with Gasteiger partial charge in [0.2, 0.25) is 0 Å². The van der Waals surface area contributed by atoms with Gasteiger partial charge in [-0.2, -0.15) is 0 Å². The zero-order chi connectivity index (χ0) is 14.7. The number of nitro benzene ring substituents is 1. The lowest BCUT2D eigenvalue weighted by Gasteiger charge is -2.10. The Morgan fingerprint density at radius 1 is 1.10 bits per heavy atom. The maximum atomic E-state index is 10.9. The van der Waals surface area contributed by atoms with Crippen LogP contribution < -0.4 is 10.6 Å². The molecule has 2 aromatic carbocycles. The van der Waals surface area contributed by atoms with Crippen molar-refractivity contribution < 1.29 is 4.92 Å². The number of nitro groups is 1. The maximum absolute atomic E-state index is 10.9. The zero-order valence-electron chi connectivity index (χ0n) is 10.5. The van der Waals surface area contributed by atoms with Gasteiger partial charge in [-0.25, -0.2) is 0 Å². The SMILES string of the molecule is CNc1cc(Nc2ccc(Cl)cc2Cl)cc([N+](=O)[O-])c1. The van der Waals surface area contributed by atoms with Gasteiger partial charge in [-0.3, -0.25) is 10.1 Å². The lowest BCUT2D eigenvalue weighted by Crippen LogP contribution is -1.97. The van der Waals surface area contributed by atoms with E-state index in [0.717, 1.165) is 0 Å². The minimum Gasteiger partial charge on any atom is -0.388 e. The quantitative estimate of drug-likeness (QED) is 0.635. The Morgan fingerprint density at radius 2 is 1.80 bits per heavy atom. The molecule has 0 aromatic heterocycles. The fourth-order valence-electron chi connectivity index (χ4n) is 1.68. The van der Waals surface area contributed by atoms with Crippen molar-refractivity contribution >= 4 is 46.0 Å². The standard InChI is InChI=1S/C13H11Cl2N3O2/c1-16-9-5-10(7-11(6-9)18(19)20)17-13-3-2-8(14)4-12(13)15/h2-7,16-17H,1H3. The summed E-state index contributed by atoms with van der Waals surface area (Å²) in [5, 5.41) is 17.8.